The number of benzene rings is 1. The molecule has 0 aliphatic carbocycles. The van der Waals surface area contributed by atoms with E-state index in [1.807, 2.05) is 36.3 Å². The van der Waals surface area contributed by atoms with Gasteiger partial charge in [0, 0.05) is 75.2 Å². The van der Waals surface area contributed by atoms with Crippen molar-refractivity contribution < 1.29 is 13.2 Å². The number of nitrogens with zero attached hydrogens (tertiary/aromatic N) is 6. The van der Waals surface area contributed by atoms with Gasteiger partial charge in [0.15, 0.2) is 5.82 Å². The van der Waals surface area contributed by atoms with Crippen molar-refractivity contribution in [1.82, 2.24) is 23.7 Å². The summed E-state index contributed by atoms with van der Waals surface area (Å²) in [6, 6.07) is 11.4. The fourth-order valence-corrected chi connectivity index (χ4v) is 7.04. The standard InChI is InChI=1S/C30H44N8O3S/c1-6-37(28-26(8-7-14-31-28)32-30(2,3)4)25-12-15-35(16-13-25)29(39)38-17-11-23-22-24(9-10-27(23)38)33-42(40,41)36-20-18-34(5)19-21-36/h7-11,14,17,22,25,32-33H,6,12-13,15-16,18-21H2,1-5H3. The number of rotatable bonds is 7. The predicted molar refractivity (Wildman–Crippen MR) is 170 cm³/mol. The summed E-state index contributed by atoms with van der Waals surface area (Å²) in [7, 11) is -1.65. The van der Waals surface area contributed by atoms with Gasteiger partial charge in [-0.2, -0.15) is 12.7 Å². The minimum absolute atomic E-state index is 0.0646. The Balaban J connectivity index is 1.24. The van der Waals surface area contributed by atoms with Gasteiger partial charge in [-0.15, -0.1) is 0 Å². The number of piperidine rings is 1. The molecule has 12 heteroatoms. The second-order valence-corrected chi connectivity index (χ2v) is 14.0. The molecule has 5 rings (SSSR count). The highest BCUT2D eigenvalue weighted by molar-refractivity contribution is 7.90. The summed E-state index contributed by atoms with van der Waals surface area (Å²) in [4.78, 5) is 24.7. The van der Waals surface area contributed by atoms with Gasteiger partial charge in [0.2, 0.25) is 0 Å². The van der Waals surface area contributed by atoms with Gasteiger partial charge < -0.3 is 20.0 Å². The molecule has 1 amide bonds. The zero-order valence-corrected chi connectivity index (χ0v) is 26.2. The largest absolute Gasteiger partial charge is 0.377 e. The van der Waals surface area contributed by atoms with Gasteiger partial charge in [0.1, 0.15) is 0 Å². The van der Waals surface area contributed by atoms with Gasteiger partial charge in [-0.1, -0.05) is 0 Å². The van der Waals surface area contributed by atoms with Crippen molar-refractivity contribution in [3.05, 3.63) is 48.8 Å². The number of pyridine rings is 1. The molecule has 0 bridgehead atoms. The molecule has 0 radical (unpaired) electrons. The van der Waals surface area contributed by atoms with Gasteiger partial charge >= 0.3 is 16.2 Å². The maximum atomic E-state index is 13.6. The highest BCUT2D eigenvalue weighted by atomic mass is 32.2. The third-order valence-corrected chi connectivity index (χ3v) is 9.57. The van der Waals surface area contributed by atoms with Crippen LogP contribution in [0.25, 0.3) is 10.9 Å². The SMILES string of the molecule is CCN(c1ncccc1NC(C)(C)C)C1CCN(C(=O)n2ccc3cc(NS(=O)(=O)N4CCN(C)CC4)ccc32)CC1. The van der Waals surface area contributed by atoms with Crippen LogP contribution < -0.4 is 14.9 Å². The third-order valence-electron chi connectivity index (χ3n) is 8.03. The topological polar surface area (TPSA) is 106 Å². The number of anilines is 3. The third kappa shape index (κ3) is 6.66. The molecule has 0 spiro atoms. The van der Waals surface area contributed by atoms with E-state index in [0.29, 0.717) is 45.0 Å². The molecule has 3 aromatic rings. The number of carbonyl (C=O) groups is 1. The fraction of sp³-hybridized carbons (Fsp3) is 0.533. The molecule has 0 saturated carbocycles. The monoisotopic (exact) mass is 596 g/mol. The van der Waals surface area contributed by atoms with Crippen LogP contribution in [0.15, 0.2) is 48.8 Å². The fourth-order valence-electron chi connectivity index (χ4n) is 5.84. The van der Waals surface area contributed by atoms with Gasteiger partial charge in [-0.3, -0.25) is 9.29 Å². The van der Waals surface area contributed by atoms with E-state index in [1.165, 1.54) is 4.31 Å². The van der Waals surface area contributed by atoms with E-state index in [-0.39, 0.29) is 17.6 Å². The molecule has 11 nitrogen and oxygen atoms in total. The molecule has 2 aliphatic rings. The molecule has 1 aromatic carbocycles. The number of amides is 1. The second kappa shape index (κ2) is 12.1. The van der Waals surface area contributed by atoms with Crippen molar-refractivity contribution in [2.75, 3.05) is 67.8 Å². The number of likely N-dealkylation sites (N-methyl/N-ethyl adjacent to an activating group) is 1. The first kappa shape index (κ1) is 30.1. The number of nitrogens with one attached hydrogen (secondary N) is 2. The molecular formula is C30H44N8O3S. The summed E-state index contributed by atoms with van der Waals surface area (Å²) >= 11 is 0. The lowest BCUT2D eigenvalue weighted by Gasteiger charge is -2.39. The number of piperazine rings is 1. The van der Waals surface area contributed by atoms with E-state index in [9.17, 15) is 13.2 Å². The average molecular weight is 597 g/mol. The number of fused-ring (bicyclic) bond motifs is 1. The minimum Gasteiger partial charge on any atom is -0.377 e. The minimum atomic E-state index is -3.64. The highest BCUT2D eigenvalue weighted by Crippen LogP contribution is 2.31. The summed E-state index contributed by atoms with van der Waals surface area (Å²) in [5.74, 6) is 0.954. The molecule has 2 aliphatic heterocycles. The van der Waals surface area contributed by atoms with Crippen molar-refractivity contribution in [3.8, 4) is 0 Å². The zero-order chi connectivity index (χ0) is 30.1. The van der Waals surface area contributed by atoms with E-state index in [1.54, 1.807) is 22.9 Å². The number of carbonyl (C=O) groups excluding carboxylic acids is 1. The smallest absolute Gasteiger partial charge is 0.328 e. The van der Waals surface area contributed by atoms with Crippen LogP contribution >= 0.6 is 0 Å². The lowest BCUT2D eigenvalue weighted by Crippen LogP contribution is -2.48. The molecule has 0 atom stereocenters. The molecule has 228 valence electrons. The van der Waals surface area contributed by atoms with Crippen molar-refractivity contribution >= 4 is 44.3 Å². The summed E-state index contributed by atoms with van der Waals surface area (Å²) < 4.78 is 31.7. The zero-order valence-electron chi connectivity index (χ0n) is 25.4. The lowest BCUT2D eigenvalue weighted by molar-refractivity contribution is 0.183. The quantitative estimate of drug-likeness (QED) is 0.423. The van der Waals surface area contributed by atoms with Crippen LogP contribution in [-0.4, -0.2) is 103 Å². The molecule has 4 heterocycles. The van der Waals surface area contributed by atoms with E-state index >= 15 is 0 Å². The van der Waals surface area contributed by atoms with Crippen molar-refractivity contribution in [2.24, 2.45) is 0 Å². The van der Waals surface area contributed by atoms with Crippen LogP contribution in [0.4, 0.5) is 22.0 Å². The molecule has 2 aromatic heterocycles. The van der Waals surface area contributed by atoms with Gasteiger partial charge in [0.25, 0.3) is 0 Å². The first-order valence-electron chi connectivity index (χ1n) is 14.8. The van der Waals surface area contributed by atoms with E-state index in [4.69, 9.17) is 4.98 Å². The Bertz CT molecular complexity index is 1500. The normalized spacial score (nSPS) is 17.9. The molecule has 2 saturated heterocycles. The molecule has 2 fully saturated rings. The van der Waals surface area contributed by atoms with Crippen molar-refractivity contribution in [1.29, 1.82) is 0 Å². The van der Waals surface area contributed by atoms with Crippen molar-refractivity contribution in [3.63, 3.8) is 0 Å². The van der Waals surface area contributed by atoms with Gasteiger partial charge in [-0.05, 0) is 84.0 Å². The van der Waals surface area contributed by atoms with Crippen LogP contribution in [0.2, 0.25) is 0 Å². The number of hydrogen-bond donors (Lipinski definition) is 2. The summed E-state index contributed by atoms with van der Waals surface area (Å²) in [5, 5.41) is 4.40. The summed E-state index contributed by atoms with van der Waals surface area (Å²) in [6.07, 6.45) is 5.31. The summed E-state index contributed by atoms with van der Waals surface area (Å²) in [6.45, 7) is 13.0. The number of hydrogen-bond acceptors (Lipinski definition) is 7. The van der Waals surface area contributed by atoms with Crippen LogP contribution in [0.3, 0.4) is 0 Å². The molecular weight excluding hydrogens is 552 g/mol. The average Bonchev–Trinajstić information content (AvgIpc) is 3.37. The Morgan fingerprint density at radius 2 is 1.76 bits per heavy atom. The molecule has 0 unspecified atom stereocenters. The number of aromatic nitrogens is 2. The Morgan fingerprint density at radius 1 is 1.05 bits per heavy atom. The van der Waals surface area contributed by atoms with Crippen LogP contribution in [-0.2, 0) is 10.2 Å². The Morgan fingerprint density at radius 3 is 2.43 bits per heavy atom. The van der Waals surface area contributed by atoms with Gasteiger partial charge in [0.05, 0.1) is 16.9 Å². The Hall–Kier alpha value is -3.35. The summed E-state index contributed by atoms with van der Waals surface area (Å²) in [5.41, 5.74) is 2.19. The Kier molecular flexibility index (Phi) is 8.68. The van der Waals surface area contributed by atoms with Crippen molar-refractivity contribution in [2.45, 2.75) is 52.1 Å². The van der Waals surface area contributed by atoms with E-state index in [2.05, 4.69) is 53.6 Å². The predicted octanol–water partition coefficient (Wildman–Crippen LogP) is 4.11. The maximum absolute atomic E-state index is 13.6. The second-order valence-electron chi connectivity index (χ2n) is 12.3. The highest BCUT2D eigenvalue weighted by Gasteiger charge is 2.30. The first-order chi connectivity index (χ1) is 19.9. The van der Waals surface area contributed by atoms with Crippen LogP contribution in [0.1, 0.15) is 40.5 Å². The maximum Gasteiger partial charge on any atom is 0.328 e. The lowest BCUT2D eigenvalue weighted by atomic mass is 10.0. The molecule has 2 N–H and O–H groups in total. The van der Waals surface area contributed by atoms with Crippen LogP contribution in [0, 0.1) is 0 Å². The van der Waals surface area contributed by atoms with E-state index in [0.717, 1.165) is 41.8 Å². The number of likely N-dealkylation sites (tertiary alicyclic amines) is 1. The molecule has 42 heavy (non-hydrogen) atoms. The first-order valence-corrected chi connectivity index (χ1v) is 16.3. The van der Waals surface area contributed by atoms with Gasteiger partial charge in [-0.25, -0.2) is 9.78 Å². The van der Waals surface area contributed by atoms with E-state index < -0.39 is 10.2 Å². The van der Waals surface area contributed by atoms with Crippen LogP contribution in [0.5, 0.6) is 0 Å². The Labute approximate surface area is 249 Å².